The molecule has 0 amide bonds. The summed E-state index contributed by atoms with van der Waals surface area (Å²) in [7, 11) is 1.70. The van der Waals surface area contributed by atoms with Crippen molar-refractivity contribution in [2.75, 3.05) is 13.7 Å². The lowest BCUT2D eigenvalue weighted by Crippen LogP contribution is -2.42. The number of aliphatic hydroxyl groups is 1. The standard InChI is InChI=1S/C23H26N4OS.C6H8O7/c1-18-7-10-21(29-18)16-27(13-4-12-26-14-11-24-17-26)15-20-9-8-19-5-3-6-22(28-2)23(19)25-20;7-3(8)1-6(13,5(11)12)2-4(9)10/h3,5-11,14,17H,4,12-13,15-16H2,1-2H3;13H,1-2H2,(H,7,8)(H,9,10)(H,11,12). The number of ether oxygens (including phenoxy) is 1. The van der Waals surface area contributed by atoms with Crippen LogP contribution >= 0.6 is 11.3 Å². The van der Waals surface area contributed by atoms with Gasteiger partial charge in [0.05, 0.1) is 32.0 Å². The van der Waals surface area contributed by atoms with Crippen molar-refractivity contribution in [2.45, 2.75) is 51.4 Å². The Balaban J connectivity index is 0.000000316. The minimum atomic E-state index is -2.74. The molecule has 42 heavy (non-hydrogen) atoms. The van der Waals surface area contributed by atoms with E-state index >= 15 is 0 Å². The number of thiophene rings is 1. The van der Waals surface area contributed by atoms with Crippen molar-refractivity contribution in [1.82, 2.24) is 19.4 Å². The van der Waals surface area contributed by atoms with Crippen molar-refractivity contribution < 1.29 is 39.5 Å². The Hall–Kier alpha value is -4.33. The molecule has 0 fully saturated rings. The summed E-state index contributed by atoms with van der Waals surface area (Å²) in [6.45, 7) is 5.89. The summed E-state index contributed by atoms with van der Waals surface area (Å²) in [6, 6.07) is 14.7. The van der Waals surface area contributed by atoms with Gasteiger partial charge in [0.1, 0.15) is 11.3 Å². The molecule has 4 N–H and O–H groups in total. The van der Waals surface area contributed by atoms with Crippen molar-refractivity contribution in [2.24, 2.45) is 0 Å². The van der Waals surface area contributed by atoms with E-state index in [4.69, 9.17) is 30.1 Å². The summed E-state index contributed by atoms with van der Waals surface area (Å²) >= 11 is 1.87. The quantitative estimate of drug-likeness (QED) is 0.167. The van der Waals surface area contributed by atoms with Gasteiger partial charge in [0.15, 0.2) is 5.60 Å². The second-order valence-corrected chi connectivity index (χ2v) is 11.1. The van der Waals surface area contributed by atoms with Crippen LogP contribution < -0.4 is 4.74 Å². The van der Waals surface area contributed by atoms with E-state index in [1.54, 1.807) is 7.11 Å². The molecule has 3 heterocycles. The summed E-state index contributed by atoms with van der Waals surface area (Å²) < 4.78 is 7.64. The third-order valence-corrected chi connectivity index (χ3v) is 7.24. The van der Waals surface area contributed by atoms with Crippen LogP contribution in [-0.2, 0) is 34.0 Å². The third kappa shape index (κ3) is 9.65. The number of imidazole rings is 1. The van der Waals surface area contributed by atoms with Crippen molar-refractivity contribution in [1.29, 1.82) is 0 Å². The number of benzene rings is 1. The molecular weight excluding hydrogens is 564 g/mol. The van der Waals surface area contributed by atoms with Gasteiger partial charge in [-0.1, -0.05) is 18.2 Å². The van der Waals surface area contributed by atoms with Gasteiger partial charge in [0.25, 0.3) is 0 Å². The first-order valence-electron chi connectivity index (χ1n) is 13.0. The first-order chi connectivity index (χ1) is 20.0. The average molecular weight is 599 g/mol. The van der Waals surface area contributed by atoms with Crippen molar-refractivity contribution in [3.63, 3.8) is 0 Å². The molecule has 0 spiro atoms. The Labute approximate surface area is 246 Å². The highest BCUT2D eigenvalue weighted by molar-refractivity contribution is 7.11. The van der Waals surface area contributed by atoms with Crippen LogP contribution in [0.25, 0.3) is 10.9 Å². The Morgan fingerprint density at radius 2 is 1.76 bits per heavy atom. The zero-order chi connectivity index (χ0) is 30.7. The maximum atomic E-state index is 10.3. The van der Waals surface area contributed by atoms with E-state index in [9.17, 15) is 14.4 Å². The SMILES string of the molecule is COc1cccc2ccc(CN(CCCn3ccnc3)Cc3ccc(C)s3)nc12.O=C(O)CC(O)(CC(=O)O)C(=O)O. The van der Waals surface area contributed by atoms with Crippen LogP contribution in [0.2, 0.25) is 0 Å². The smallest absolute Gasteiger partial charge is 0.336 e. The van der Waals surface area contributed by atoms with Crippen LogP contribution in [-0.4, -0.2) is 77.0 Å². The lowest BCUT2D eigenvalue weighted by atomic mass is 9.96. The largest absolute Gasteiger partial charge is 0.494 e. The van der Waals surface area contributed by atoms with Gasteiger partial charge < -0.3 is 29.7 Å². The summed E-state index contributed by atoms with van der Waals surface area (Å²) in [6.07, 6.45) is 4.51. The van der Waals surface area contributed by atoms with Gasteiger partial charge in [-0.3, -0.25) is 14.5 Å². The van der Waals surface area contributed by atoms with E-state index in [-0.39, 0.29) is 0 Å². The highest BCUT2D eigenvalue weighted by Gasteiger charge is 2.40. The van der Waals surface area contributed by atoms with E-state index in [1.807, 2.05) is 42.2 Å². The normalized spacial score (nSPS) is 11.2. The molecule has 0 aliphatic heterocycles. The molecule has 0 atom stereocenters. The molecule has 13 heteroatoms. The molecule has 0 aliphatic carbocycles. The zero-order valence-corrected chi connectivity index (χ0v) is 24.2. The van der Waals surface area contributed by atoms with Crippen LogP contribution in [0.5, 0.6) is 5.75 Å². The van der Waals surface area contributed by atoms with Gasteiger partial charge in [-0.05, 0) is 37.6 Å². The maximum absolute atomic E-state index is 10.3. The van der Waals surface area contributed by atoms with Crippen LogP contribution in [0, 0.1) is 6.92 Å². The summed E-state index contributed by atoms with van der Waals surface area (Å²) in [5.41, 5.74) is -0.742. The zero-order valence-electron chi connectivity index (χ0n) is 23.3. The molecular formula is C29H34N4O8S. The maximum Gasteiger partial charge on any atom is 0.336 e. The predicted octanol–water partition coefficient (Wildman–Crippen LogP) is 3.65. The minimum Gasteiger partial charge on any atom is -0.494 e. The van der Waals surface area contributed by atoms with Crippen LogP contribution in [0.3, 0.4) is 0 Å². The van der Waals surface area contributed by atoms with E-state index < -0.39 is 36.4 Å². The van der Waals surface area contributed by atoms with Crippen LogP contribution in [0.15, 0.2) is 61.2 Å². The van der Waals surface area contributed by atoms with Gasteiger partial charge in [0.2, 0.25) is 0 Å². The fourth-order valence-electron chi connectivity index (χ4n) is 4.26. The number of aromatic nitrogens is 3. The summed E-state index contributed by atoms with van der Waals surface area (Å²) in [5, 5.41) is 34.9. The molecule has 0 aliphatic rings. The number of carbonyl (C=O) groups is 3. The molecule has 224 valence electrons. The van der Waals surface area contributed by atoms with Crippen molar-refractivity contribution in [3.8, 4) is 5.75 Å². The number of hydrogen-bond donors (Lipinski definition) is 4. The van der Waals surface area contributed by atoms with Gasteiger partial charge in [0, 0.05) is 53.7 Å². The Kier molecular flexibility index (Phi) is 11.5. The molecule has 4 aromatic rings. The molecule has 4 rings (SSSR count). The van der Waals surface area contributed by atoms with E-state index in [1.165, 1.54) is 9.75 Å². The molecule has 12 nitrogen and oxygen atoms in total. The van der Waals surface area contributed by atoms with E-state index in [0.717, 1.165) is 54.9 Å². The summed E-state index contributed by atoms with van der Waals surface area (Å²) in [4.78, 5) is 44.8. The van der Waals surface area contributed by atoms with Gasteiger partial charge in [-0.25, -0.2) is 14.8 Å². The molecule has 0 unspecified atom stereocenters. The summed E-state index contributed by atoms with van der Waals surface area (Å²) in [5.74, 6) is -4.19. The van der Waals surface area contributed by atoms with Crippen molar-refractivity contribution >= 4 is 40.1 Å². The van der Waals surface area contributed by atoms with E-state index in [0.29, 0.717) is 0 Å². The van der Waals surface area contributed by atoms with Gasteiger partial charge in [-0.15, -0.1) is 11.3 Å². The number of nitrogens with zero attached hydrogens (tertiary/aromatic N) is 4. The Morgan fingerprint density at radius 1 is 1.02 bits per heavy atom. The number of hydrogen-bond acceptors (Lipinski definition) is 9. The van der Waals surface area contributed by atoms with E-state index in [2.05, 4.69) is 51.7 Å². The fraction of sp³-hybridized carbons (Fsp3) is 0.345. The Bertz CT molecular complexity index is 1470. The number of fused-ring (bicyclic) bond motifs is 1. The number of carboxylic acid groups (broad SMARTS) is 3. The predicted molar refractivity (Wildman–Crippen MR) is 155 cm³/mol. The number of pyridine rings is 1. The molecule has 0 radical (unpaired) electrons. The average Bonchev–Trinajstić information content (AvgIpc) is 3.59. The molecule has 0 saturated heterocycles. The third-order valence-electron chi connectivity index (χ3n) is 6.26. The van der Waals surface area contributed by atoms with Crippen molar-refractivity contribution in [3.05, 3.63) is 76.6 Å². The number of para-hydroxylation sites is 1. The highest BCUT2D eigenvalue weighted by atomic mass is 32.1. The Morgan fingerprint density at radius 3 is 2.33 bits per heavy atom. The topological polar surface area (TPSA) is 175 Å². The first kappa shape index (κ1) is 32.2. The molecule has 0 bridgehead atoms. The number of aryl methyl sites for hydroxylation is 2. The number of aliphatic carboxylic acids is 3. The number of rotatable bonds is 14. The lowest BCUT2D eigenvalue weighted by molar-refractivity contribution is -0.170. The second-order valence-electron chi connectivity index (χ2n) is 9.69. The second kappa shape index (κ2) is 15.1. The highest BCUT2D eigenvalue weighted by Crippen LogP contribution is 2.25. The fourth-order valence-corrected chi connectivity index (χ4v) is 5.19. The monoisotopic (exact) mass is 598 g/mol. The first-order valence-corrected chi connectivity index (χ1v) is 13.9. The lowest BCUT2D eigenvalue weighted by Gasteiger charge is -2.22. The minimum absolute atomic E-state index is 0.814. The van der Waals surface area contributed by atoms with Crippen LogP contribution in [0.1, 0.15) is 34.7 Å². The van der Waals surface area contributed by atoms with Gasteiger partial charge in [-0.2, -0.15) is 0 Å². The van der Waals surface area contributed by atoms with Crippen LogP contribution in [0.4, 0.5) is 0 Å². The number of methoxy groups -OCH3 is 1. The molecule has 1 aromatic carbocycles. The van der Waals surface area contributed by atoms with Gasteiger partial charge >= 0.3 is 17.9 Å². The molecule has 3 aromatic heterocycles. The number of carboxylic acids is 3. The molecule has 0 saturated carbocycles.